The molecule has 1 saturated heterocycles. The minimum atomic E-state index is -0.428. The summed E-state index contributed by atoms with van der Waals surface area (Å²) in [6.07, 6.45) is 0. The number of ketones is 1. The molecule has 2 aromatic rings. The van der Waals surface area contributed by atoms with Gasteiger partial charge >= 0.3 is 0 Å². The largest absolute Gasteiger partial charge is 0.507 e. The maximum absolute atomic E-state index is 13.6. The Kier molecular flexibility index (Phi) is 8.83. The standard InChI is InChI=1S/C29H39N3O3.BrH/c1-28(2,3)21-14-19(15-22(25(21)34)29(4,5)6)23(33)17-32-16-20(27(35)31(7)8)24(26(32)30)18-12-10-9-11-13-18;/h9-15,20,24,30,34H,16-17H2,1-8H3;1H/t20-,24+;/m0./s1. The Morgan fingerprint density at radius 1 is 1.00 bits per heavy atom. The minimum Gasteiger partial charge on any atom is -0.507 e. The van der Waals surface area contributed by atoms with Crippen LogP contribution in [0.25, 0.3) is 0 Å². The molecule has 0 bridgehead atoms. The predicted molar refractivity (Wildman–Crippen MR) is 151 cm³/mol. The van der Waals surface area contributed by atoms with Crippen LogP contribution in [-0.2, 0) is 15.6 Å². The highest BCUT2D eigenvalue weighted by molar-refractivity contribution is 8.93. The number of benzene rings is 2. The van der Waals surface area contributed by atoms with Crippen LogP contribution in [0.5, 0.6) is 5.75 Å². The van der Waals surface area contributed by atoms with E-state index in [1.165, 1.54) is 0 Å². The van der Waals surface area contributed by atoms with Crippen LogP contribution < -0.4 is 0 Å². The van der Waals surface area contributed by atoms with Gasteiger partial charge in [-0.2, -0.15) is 0 Å². The fourth-order valence-electron chi connectivity index (χ4n) is 4.78. The molecule has 1 fully saturated rings. The fourth-order valence-corrected chi connectivity index (χ4v) is 4.78. The van der Waals surface area contributed by atoms with Crippen LogP contribution >= 0.6 is 17.0 Å². The first-order valence-electron chi connectivity index (χ1n) is 12.1. The summed E-state index contributed by atoms with van der Waals surface area (Å²) in [5.74, 6) is -0.479. The SMILES string of the molecule is Br.CN(C)C(=O)[C@H]1CN(CC(=O)c2cc(C(C)(C)C)c(O)c(C(C)(C)C)c2)C(=N)[C@@H]1c1ccccc1. The molecule has 196 valence electrons. The third kappa shape index (κ3) is 6.00. The molecule has 0 aromatic heterocycles. The normalized spacial score (nSPS) is 18.1. The molecule has 36 heavy (non-hydrogen) atoms. The zero-order valence-electron chi connectivity index (χ0n) is 22.7. The average molecular weight is 559 g/mol. The second-order valence-corrected chi connectivity index (χ2v) is 11.8. The molecule has 0 aliphatic carbocycles. The molecule has 1 aliphatic heterocycles. The fraction of sp³-hybridized carbons (Fsp3) is 0.483. The molecule has 1 aliphatic rings. The topological polar surface area (TPSA) is 84.7 Å². The van der Waals surface area contributed by atoms with Crippen molar-refractivity contribution in [1.29, 1.82) is 5.41 Å². The van der Waals surface area contributed by atoms with E-state index in [1.54, 1.807) is 36.0 Å². The Balaban J connectivity index is 0.00000456. The number of halogens is 1. The van der Waals surface area contributed by atoms with Gasteiger partial charge in [-0.05, 0) is 28.5 Å². The highest BCUT2D eigenvalue weighted by atomic mass is 79.9. The summed E-state index contributed by atoms with van der Waals surface area (Å²) in [5, 5.41) is 19.9. The lowest BCUT2D eigenvalue weighted by Gasteiger charge is -2.28. The molecule has 0 unspecified atom stereocenters. The lowest BCUT2D eigenvalue weighted by Crippen LogP contribution is -2.34. The Labute approximate surface area is 226 Å². The Hall–Kier alpha value is -2.67. The summed E-state index contributed by atoms with van der Waals surface area (Å²) in [6, 6.07) is 13.2. The maximum atomic E-state index is 13.6. The van der Waals surface area contributed by atoms with Gasteiger partial charge in [0.1, 0.15) is 11.6 Å². The van der Waals surface area contributed by atoms with Crippen molar-refractivity contribution >= 4 is 34.5 Å². The zero-order chi connectivity index (χ0) is 26.3. The van der Waals surface area contributed by atoms with E-state index in [2.05, 4.69) is 0 Å². The van der Waals surface area contributed by atoms with Gasteiger partial charge in [-0.3, -0.25) is 15.0 Å². The number of phenolic OH excluding ortho intramolecular Hbond substituents is 1. The van der Waals surface area contributed by atoms with Crippen molar-refractivity contribution in [2.24, 2.45) is 5.92 Å². The zero-order valence-corrected chi connectivity index (χ0v) is 24.4. The number of nitrogens with zero attached hydrogens (tertiary/aromatic N) is 2. The molecule has 6 nitrogen and oxygen atoms in total. The van der Waals surface area contributed by atoms with Crippen molar-refractivity contribution < 1.29 is 14.7 Å². The third-order valence-corrected chi connectivity index (χ3v) is 6.75. The van der Waals surface area contributed by atoms with Gasteiger partial charge in [-0.15, -0.1) is 17.0 Å². The summed E-state index contributed by atoms with van der Waals surface area (Å²) < 4.78 is 0. The van der Waals surface area contributed by atoms with E-state index in [9.17, 15) is 14.7 Å². The van der Waals surface area contributed by atoms with Gasteiger partial charge in [0.2, 0.25) is 5.91 Å². The van der Waals surface area contributed by atoms with Crippen LogP contribution in [0.4, 0.5) is 0 Å². The first-order chi connectivity index (χ1) is 16.1. The summed E-state index contributed by atoms with van der Waals surface area (Å²) >= 11 is 0. The number of hydrogen-bond donors (Lipinski definition) is 2. The number of phenols is 1. The molecule has 7 heteroatoms. The Morgan fingerprint density at radius 2 is 1.50 bits per heavy atom. The number of carbonyl (C=O) groups is 2. The molecule has 1 amide bonds. The van der Waals surface area contributed by atoms with Gasteiger partial charge in [0.25, 0.3) is 0 Å². The van der Waals surface area contributed by atoms with E-state index < -0.39 is 11.8 Å². The highest BCUT2D eigenvalue weighted by Crippen LogP contribution is 2.40. The second kappa shape index (κ2) is 10.8. The molecule has 0 radical (unpaired) electrons. The van der Waals surface area contributed by atoms with Gasteiger partial charge in [0.05, 0.1) is 18.4 Å². The van der Waals surface area contributed by atoms with Gasteiger partial charge < -0.3 is 14.9 Å². The summed E-state index contributed by atoms with van der Waals surface area (Å²) in [5.41, 5.74) is 2.19. The maximum Gasteiger partial charge on any atom is 0.228 e. The summed E-state index contributed by atoms with van der Waals surface area (Å²) in [6.45, 7) is 12.4. The van der Waals surface area contributed by atoms with Crippen molar-refractivity contribution in [1.82, 2.24) is 9.80 Å². The van der Waals surface area contributed by atoms with E-state index in [4.69, 9.17) is 5.41 Å². The number of nitrogens with one attached hydrogen (secondary N) is 1. The first-order valence-corrected chi connectivity index (χ1v) is 12.1. The molecule has 2 atom stereocenters. The highest BCUT2D eigenvalue weighted by Gasteiger charge is 2.43. The quantitative estimate of drug-likeness (QED) is 0.473. The number of carbonyl (C=O) groups excluding carboxylic acids is 2. The van der Waals surface area contributed by atoms with Crippen molar-refractivity contribution in [2.75, 3.05) is 27.2 Å². The molecule has 0 saturated carbocycles. The lowest BCUT2D eigenvalue weighted by molar-refractivity contribution is -0.132. The van der Waals surface area contributed by atoms with Crippen molar-refractivity contribution in [3.05, 3.63) is 64.7 Å². The van der Waals surface area contributed by atoms with E-state index in [0.717, 1.165) is 16.7 Å². The van der Waals surface area contributed by atoms with E-state index >= 15 is 0 Å². The van der Waals surface area contributed by atoms with Crippen molar-refractivity contribution in [3.8, 4) is 5.75 Å². The third-order valence-electron chi connectivity index (χ3n) is 6.75. The smallest absolute Gasteiger partial charge is 0.228 e. The van der Waals surface area contributed by atoms with Crippen molar-refractivity contribution in [3.63, 3.8) is 0 Å². The number of hydrogen-bond acceptors (Lipinski definition) is 4. The van der Waals surface area contributed by atoms with E-state index in [-0.39, 0.29) is 57.6 Å². The Morgan fingerprint density at radius 3 is 1.94 bits per heavy atom. The van der Waals surface area contributed by atoms with Gasteiger partial charge in [-0.25, -0.2) is 0 Å². The first kappa shape index (κ1) is 29.6. The summed E-state index contributed by atoms with van der Waals surface area (Å²) in [7, 11) is 3.45. The number of Topliss-reactive ketones (excluding diaryl/α,β-unsaturated/α-hetero) is 1. The van der Waals surface area contributed by atoms with E-state index in [1.807, 2.05) is 71.9 Å². The van der Waals surface area contributed by atoms with Crippen LogP contribution in [0.3, 0.4) is 0 Å². The molecular formula is C29H40BrN3O3. The molecule has 0 spiro atoms. The number of rotatable bonds is 5. The molecule has 2 N–H and O–H groups in total. The second-order valence-electron chi connectivity index (χ2n) is 11.8. The average Bonchev–Trinajstić information content (AvgIpc) is 3.07. The van der Waals surface area contributed by atoms with Crippen LogP contribution in [0, 0.1) is 11.3 Å². The molecular weight excluding hydrogens is 518 g/mol. The van der Waals surface area contributed by atoms with Crippen molar-refractivity contribution in [2.45, 2.75) is 58.3 Å². The number of likely N-dealkylation sites (tertiary alicyclic amines) is 1. The predicted octanol–water partition coefficient (Wildman–Crippen LogP) is 5.53. The minimum absolute atomic E-state index is 0. The Bertz CT molecular complexity index is 1100. The molecule has 2 aromatic carbocycles. The van der Waals surface area contributed by atoms with Crippen LogP contribution in [-0.4, -0.2) is 59.6 Å². The lowest BCUT2D eigenvalue weighted by atomic mass is 9.78. The van der Waals surface area contributed by atoms with Gasteiger partial charge in [0, 0.05) is 37.3 Å². The van der Waals surface area contributed by atoms with Gasteiger partial charge in [0.15, 0.2) is 5.78 Å². The summed E-state index contributed by atoms with van der Waals surface area (Å²) in [4.78, 5) is 29.9. The van der Waals surface area contributed by atoms with Crippen LogP contribution in [0.1, 0.15) is 74.5 Å². The number of amidine groups is 1. The molecule has 3 rings (SSSR count). The van der Waals surface area contributed by atoms with Gasteiger partial charge in [-0.1, -0.05) is 71.9 Å². The number of amides is 1. The van der Waals surface area contributed by atoms with Crippen LogP contribution in [0.2, 0.25) is 0 Å². The molecule has 1 heterocycles. The number of aromatic hydroxyl groups is 1. The van der Waals surface area contributed by atoms with Crippen LogP contribution in [0.15, 0.2) is 42.5 Å². The van der Waals surface area contributed by atoms with E-state index in [0.29, 0.717) is 12.1 Å². The monoisotopic (exact) mass is 557 g/mol.